The molecule has 0 unspecified atom stereocenters. The number of ether oxygens (including phenoxy) is 2. The molecule has 1 heterocycles. The molecule has 3 rings (SSSR count). The number of hydrogen-bond donors (Lipinski definition) is 3. The quantitative estimate of drug-likeness (QED) is 0.589. The highest BCUT2D eigenvalue weighted by Gasteiger charge is 2.22. The van der Waals surface area contributed by atoms with Crippen molar-refractivity contribution in [3.8, 4) is 17.2 Å². The molecule has 0 radical (unpaired) electrons. The van der Waals surface area contributed by atoms with E-state index in [4.69, 9.17) is 26.8 Å². The maximum absolute atomic E-state index is 15.3. The molecule has 1 amide bonds. The van der Waals surface area contributed by atoms with Gasteiger partial charge in [-0.05, 0) is 31.5 Å². The third-order valence-corrected chi connectivity index (χ3v) is 5.00. The van der Waals surface area contributed by atoms with E-state index in [1.807, 2.05) is 19.9 Å². The summed E-state index contributed by atoms with van der Waals surface area (Å²) in [7, 11) is 0. The summed E-state index contributed by atoms with van der Waals surface area (Å²) in [6.07, 6.45) is 0.775. The fourth-order valence-corrected chi connectivity index (χ4v) is 3.52. The van der Waals surface area contributed by atoms with E-state index in [0.29, 0.717) is 30.1 Å². The van der Waals surface area contributed by atoms with Gasteiger partial charge in [-0.15, -0.1) is 0 Å². The molecular weight excluding hydrogens is 397 g/mol. The second kappa shape index (κ2) is 9.33. The van der Waals surface area contributed by atoms with Gasteiger partial charge in [-0.1, -0.05) is 24.6 Å². The second-order valence-electron chi connectivity index (χ2n) is 7.01. The van der Waals surface area contributed by atoms with Gasteiger partial charge in [-0.3, -0.25) is 4.79 Å². The number of hydrogen-bond acceptors (Lipinski definition) is 5. The zero-order valence-electron chi connectivity index (χ0n) is 16.4. The van der Waals surface area contributed by atoms with Crippen molar-refractivity contribution in [1.29, 1.82) is 0 Å². The minimum atomic E-state index is -0.542. The molecule has 156 valence electrons. The molecule has 2 atom stereocenters. The van der Waals surface area contributed by atoms with E-state index in [2.05, 4.69) is 10.6 Å². The first-order valence-corrected chi connectivity index (χ1v) is 9.97. The first kappa shape index (κ1) is 21.2. The molecule has 0 bridgehead atoms. The van der Waals surface area contributed by atoms with Gasteiger partial charge in [-0.2, -0.15) is 0 Å². The summed E-state index contributed by atoms with van der Waals surface area (Å²) in [4.78, 5) is 11.1. The lowest BCUT2D eigenvalue weighted by Gasteiger charge is -2.24. The number of nitrogens with two attached hydrogens (primary N) is 1. The van der Waals surface area contributed by atoms with Crippen LogP contribution in [0, 0.1) is 5.82 Å². The van der Waals surface area contributed by atoms with Gasteiger partial charge in [0.05, 0.1) is 10.7 Å². The Hall–Kier alpha value is -2.51. The molecule has 0 spiro atoms. The average Bonchev–Trinajstić information content (AvgIpc) is 2.69. The van der Waals surface area contributed by atoms with E-state index in [1.165, 1.54) is 0 Å². The van der Waals surface area contributed by atoms with Crippen molar-refractivity contribution >= 4 is 23.2 Å². The molecule has 0 saturated heterocycles. The van der Waals surface area contributed by atoms with Gasteiger partial charge in [0.25, 0.3) is 0 Å². The number of nitrogens with one attached hydrogen (secondary N) is 2. The lowest BCUT2D eigenvalue weighted by molar-refractivity contribution is -0.118. The lowest BCUT2D eigenvalue weighted by atomic mass is 10.0. The molecule has 2 aromatic rings. The number of carbonyl (C=O) groups excluding carboxylic acids is 1. The molecule has 0 fully saturated rings. The van der Waals surface area contributed by atoms with Crippen LogP contribution in [-0.2, 0) is 4.79 Å². The Morgan fingerprint density at radius 3 is 2.93 bits per heavy atom. The number of halogens is 2. The van der Waals surface area contributed by atoms with Crippen LogP contribution in [0.2, 0.25) is 5.02 Å². The normalized spacial score (nSPS) is 14.9. The molecule has 0 aliphatic carbocycles. The average molecular weight is 422 g/mol. The van der Waals surface area contributed by atoms with E-state index in [-0.39, 0.29) is 29.3 Å². The molecule has 1 aliphatic rings. The third kappa shape index (κ3) is 5.10. The Balaban J connectivity index is 1.85. The van der Waals surface area contributed by atoms with Gasteiger partial charge < -0.3 is 25.8 Å². The smallest absolute Gasteiger partial charge is 0.218 e. The van der Waals surface area contributed by atoms with Crippen LogP contribution in [0.1, 0.15) is 38.3 Å². The van der Waals surface area contributed by atoms with Crippen molar-refractivity contribution in [2.45, 2.75) is 38.8 Å². The van der Waals surface area contributed by atoms with Crippen molar-refractivity contribution < 1.29 is 18.7 Å². The number of amides is 1. The first-order valence-electron chi connectivity index (χ1n) is 9.59. The zero-order valence-corrected chi connectivity index (χ0v) is 17.2. The molecule has 6 nitrogen and oxygen atoms in total. The van der Waals surface area contributed by atoms with E-state index >= 15 is 4.39 Å². The monoisotopic (exact) mass is 421 g/mol. The molecule has 8 heteroatoms. The number of anilines is 1. The summed E-state index contributed by atoms with van der Waals surface area (Å²) in [5.41, 5.74) is 6.53. The van der Waals surface area contributed by atoms with Crippen LogP contribution in [0.15, 0.2) is 30.3 Å². The van der Waals surface area contributed by atoms with E-state index in [0.717, 1.165) is 12.2 Å². The van der Waals surface area contributed by atoms with E-state index in [1.54, 1.807) is 24.3 Å². The second-order valence-corrected chi connectivity index (χ2v) is 7.42. The molecule has 4 N–H and O–H groups in total. The molecular formula is C21H25ClFN3O3. The summed E-state index contributed by atoms with van der Waals surface area (Å²) in [6.45, 7) is 5.04. The van der Waals surface area contributed by atoms with Gasteiger partial charge in [0.2, 0.25) is 5.91 Å². The SMILES string of the molecule is CC[C@@H](N[C@H](C)CC(N)=O)c1ccc(Cl)c(Oc2ccc3c(c2)OCCN3)c1F. The molecule has 2 aromatic carbocycles. The summed E-state index contributed by atoms with van der Waals surface area (Å²) < 4.78 is 26.7. The van der Waals surface area contributed by atoms with Gasteiger partial charge in [0.1, 0.15) is 18.1 Å². The molecule has 29 heavy (non-hydrogen) atoms. The fraction of sp³-hybridized carbons (Fsp3) is 0.381. The highest BCUT2D eigenvalue weighted by Crippen LogP contribution is 2.39. The zero-order chi connectivity index (χ0) is 21.0. The summed E-state index contributed by atoms with van der Waals surface area (Å²) in [6, 6.07) is 7.97. The first-order chi connectivity index (χ1) is 13.9. The summed E-state index contributed by atoms with van der Waals surface area (Å²) >= 11 is 6.23. The van der Waals surface area contributed by atoms with Crippen LogP contribution in [0.3, 0.4) is 0 Å². The number of benzene rings is 2. The van der Waals surface area contributed by atoms with Gasteiger partial charge in [0, 0.05) is 36.7 Å². The Morgan fingerprint density at radius 2 is 2.21 bits per heavy atom. The van der Waals surface area contributed by atoms with Gasteiger partial charge >= 0.3 is 0 Å². The highest BCUT2D eigenvalue weighted by atomic mass is 35.5. The maximum atomic E-state index is 15.3. The molecule has 0 saturated carbocycles. The minimum absolute atomic E-state index is 0.0457. The van der Waals surface area contributed by atoms with Crippen LogP contribution in [0.25, 0.3) is 0 Å². The molecule has 1 aliphatic heterocycles. The Labute approximate surface area is 174 Å². The lowest BCUT2D eigenvalue weighted by Crippen LogP contribution is -2.34. The topological polar surface area (TPSA) is 85.6 Å². The Bertz CT molecular complexity index is 894. The third-order valence-electron chi connectivity index (χ3n) is 4.70. The van der Waals surface area contributed by atoms with Crippen LogP contribution in [0.5, 0.6) is 17.2 Å². The van der Waals surface area contributed by atoms with Crippen molar-refractivity contribution in [2.24, 2.45) is 5.73 Å². The van der Waals surface area contributed by atoms with Crippen molar-refractivity contribution in [3.05, 3.63) is 46.7 Å². The maximum Gasteiger partial charge on any atom is 0.218 e. The Kier molecular flexibility index (Phi) is 6.82. The molecule has 0 aromatic heterocycles. The number of fused-ring (bicyclic) bond motifs is 1. The largest absolute Gasteiger partial charge is 0.489 e. The number of primary amides is 1. The fourth-order valence-electron chi connectivity index (χ4n) is 3.34. The van der Waals surface area contributed by atoms with Crippen LogP contribution >= 0.6 is 11.6 Å². The number of carbonyl (C=O) groups is 1. The predicted molar refractivity (Wildman–Crippen MR) is 111 cm³/mol. The minimum Gasteiger partial charge on any atom is -0.489 e. The highest BCUT2D eigenvalue weighted by molar-refractivity contribution is 6.32. The van der Waals surface area contributed by atoms with Crippen molar-refractivity contribution in [2.75, 3.05) is 18.5 Å². The summed E-state index contributed by atoms with van der Waals surface area (Å²) in [5.74, 6) is 0.0727. The van der Waals surface area contributed by atoms with Crippen molar-refractivity contribution in [3.63, 3.8) is 0 Å². The van der Waals surface area contributed by atoms with Crippen LogP contribution in [-0.4, -0.2) is 25.1 Å². The van der Waals surface area contributed by atoms with E-state index < -0.39 is 11.7 Å². The standard InChI is InChI=1S/C21H25ClFN3O3/c1-3-16(26-12(2)10-19(24)27)14-5-6-15(22)21(20(14)23)29-13-4-7-17-18(11-13)28-9-8-25-17/h4-7,11-12,16,25-26H,3,8-10H2,1-2H3,(H2,24,27)/t12-,16-/m1/s1. The van der Waals surface area contributed by atoms with E-state index in [9.17, 15) is 4.79 Å². The predicted octanol–water partition coefficient (Wildman–Crippen LogP) is 4.38. The van der Waals surface area contributed by atoms with Gasteiger partial charge in [0.15, 0.2) is 11.6 Å². The van der Waals surface area contributed by atoms with Crippen molar-refractivity contribution in [1.82, 2.24) is 5.32 Å². The number of rotatable bonds is 8. The van der Waals surface area contributed by atoms with Crippen LogP contribution in [0.4, 0.5) is 10.1 Å². The summed E-state index contributed by atoms with van der Waals surface area (Å²) in [5, 5.41) is 6.63. The van der Waals surface area contributed by atoms with Gasteiger partial charge in [-0.25, -0.2) is 4.39 Å². The Morgan fingerprint density at radius 1 is 1.41 bits per heavy atom. The van der Waals surface area contributed by atoms with Crippen LogP contribution < -0.4 is 25.8 Å².